The molecule has 2 nitrogen and oxygen atoms in total. The van der Waals surface area contributed by atoms with Gasteiger partial charge in [-0.05, 0) is 29.3 Å². The quantitative estimate of drug-likeness (QED) is 0.839. The molecular weight excluding hydrogens is 281 g/mol. The zero-order valence-corrected chi connectivity index (χ0v) is 11.7. The van der Waals surface area contributed by atoms with E-state index in [1.165, 1.54) is 0 Å². The van der Waals surface area contributed by atoms with E-state index in [9.17, 15) is 4.79 Å². The maximum atomic E-state index is 11.9. The number of carbonyl (C=O) groups excluding carboxylic acids is 1. The molecule has 0 fully saturated rings. The Morgan fingerprint density at radius 2 is 1.89 bits per heavy atom. The Hall–Kier alpha value is -1.51. The molecule has 0 saturated carbocycles. The summed E-state index contributed by atoms with van der Waals surface area (Å²) >= 11 is 11.8. The van der Waals surface area contributed by atoms with Crippen LogP contribution >= 0.6 is 23.2 Å². The molecule has 1 amide bonds. The van der Waals surface area contributed by atoms with Crippen molar-refractivity contribution in [1.29, 1.82) is 0 Å². The van der Waals surface area contributed by atoms with E-state index in [1.807, 2.05) is 42.5 Å². The third-order valence-electron chi connectivity index (χ3n) is 2.67. The monoisotopic (exact) mass is 293 g/mol. The van der Waals surface area contributed by atoms with Gasteiger partial charge in [0.15, 0.2) is 0 Å². The van der Waals surface area contributed by atoms with Gasteiger partial charge >= 0.3 is 0 Å². The molecule has 0 saturated heterocycles. The molecular formula is C15H13Cl2NO. The Morgan fingerprint density at radius 1 is 1.11 bits per heavy atom. The fraction of sp³-hybridized carbons (Fsp3) is 0.133. The van der Waals surface area contributed by atoms with Gasteiger partial charge < -0.3 is 5.32 Å². The van der Waals surface area contributed by atoms with Crippen LogP contribution in [0.4, 0.5) is 5.69 Å². The molecule has 0 heterocycles. The summed E-state index contributed by atoms with van der Waals surface area (Å²) in [5, 5.41) is 3.44. The Labute approximate surface area is 122 Å². The third kappa shape index (κ3) is 3.98. The van der Waals surface area contributed by atoms with Gasteiger partial charge in [-0.25, -0.2) is 0 Å². The zero-order chi connectivity index (χ0) is 13.7. The van der Waals surface area contributed by atoms with Gasteiger partial charge in [0.1, 0.15) is 0 Å². The van der Waals surface area contributed by atoms with Crippen molar-refractivity contribution in [1.82, 2.24) is 0 Å². The van der Waals surface area contributed by atoms with E-state index in [0.717, 1.165) is 16.8 Å². The highest BCUT2D eigenvalue weighted by Crippen LogP contribution is 2.17. The summed E-state index contributed by atoms with van der Waals surface area (Å²) in [6, 6.07) is 14.8. The van der Waals surface area contributed by atoms with E-state index in [0.29, 0.717) is 10.9 Å². The molecule has 19 heavy (non-hydrogen) atoms. The lowest BCUT2D eigenvalue weighted by molar-refractivity contribution is -0.115. The van der Waals surface area contributed by atoms with Gasteiger partial charge in [0.05, 0.1) is 6.42 Å². The van der Waals surface area contributed by atoms with Crippen molar-refractivity contribution < 1.29 is 4.79 Å². The van der Waals surface area contributed by atoms with E-state index in [2.05, 4.69) is 5.32 Å². The summed E-state index contributed by atoms with van der Waals surface area (Å²) in [6.45, 7) is 0. The van der Waals surface area contributed by atoms with Crippen LogP contribution in [0, 0.1) is 0 Å². The molecule has 0 aliphatic carbocycles. The van der Waals surface area contributed by atoms with Crippen LogP contribution in [0.3, 0.4) is 0 Å². The van der Waals surface area contributed by atoms with Crippen LogP contribution in [0.1, 0.15) is 11.1 Å². The van der Waals surface area contributed by atoms with Crippen LogP contribution in [0.25, 0.3) is 0 Å². The average molecular weight is 294 g/mol. The largest absolute Gasteiger partial charge is 0.326 e. The predicted octanol–water partition coefficient (Wildman–Crippen LogP) is 4.26. The van der Waals surface area contributed by atoms with Crippen molar-refractivity contribution in [2.45, 2.75) is 12.3 Å². The highest BCUT2D eigenvalue weighted by atomic mass is 35.5. The lowest BCUT2D eigenvalue weighted by Crippen LogP contribution is -2.14. The van der Waals surface area contributed by atoms with Gasteiger partial charge in [0.25, 0.3) is 0 Å². The smallest absolute Gasteiger partial charge is 0.228 e. The number of anilines is 1. The number of hydrogen-bond donors (Lipinski definition) is 1. The number of alkyl halides is 1. The van der Waals surface area contributed by atoms with Crippen molar-refractivity contribution in [3.05, 3.63) is 64.7 Å². The SMILES string of the molecule is O=C(Cc1ccccc1Cl)Nc1cccc(CCl)c1. The molecule has 0 atom stereocenters. The number of carbonyl (C=O) groups is 1. The van der Waals surface area contributed by atoms with Crippen molar-refractivity contribution >= 4 is 34.8 Å². The Kier molecular flexibility index (Phi) is 4.83. The van der Waals surface area contributed by atoms with E-state index in [4.69, 9.17) is 23.2 Å². The molecule has 2 aromatic rings. The van der Waals surface area contributed by atoms with E-state index >= 15 is 0 Å². The first kappa shape index (κ1) is 13.9. The molecule has 0 unspecified atom stereocenters. The number of amides is 1. The lowest BCUT2D eigenvalue weighted by atomic mass is 10.1. The summed E-state index contributed by atoms with van der Waals surface area (Å²) in [4.78, 5) is 11.9. The number of nitrogens with one attached hydrogen (secondary N) is 1. The van der Waals surface area contributed by atoms with Crippen molar-refractivity contribution in [2.75, 3.05) is 5.32 Å². The fourth-order valence-corrected chi connectivity index (χ4v) is 2.12. The number of rotatable bonds is 4. The average Bonchev–Trinajstić information content (AvgIpc) is 2.41. The van der Waals surface area contributed by atoms with E-state index in [1.54, 1.807) is 6.07 Å². The fourth-order valence-electron chi connectivity index (χ4n) is 1.75. The minimum Gasteiger partial charge on any atom is -0.326 e. The highest BCUT2D eigenvalue weighted by Gasteiger charge is 2.07. The minimum atomic E-state index is -0.0974. The molecule has 0 spiro atoms. The summed E-state index contributed by atoms with van der Waals surface area (Å²) in [5.74, 6) is 0.327. The van der Waals surface area contributed by atoms with Gasteiger partial charge in [-0.3, -0.25) is 4.79 Å². The summed E-state index contributed by atoms with van der Waals surface area (Å²) in [5.41, 5.74) is 2.53. The molecule has 0 bridgehead atoms. The number of hydrogen-bond acceptors (Lipinski definition) is 1. The predicted molar refractivity (Wildman–Crippen MR) is 79.8 cm³/mol. The molecule has 0 radical (unpaired) electrons. The standard InChI is InChI=1S/C15H13Cl2NO/c16-10-11-4-3-6-13(8-11)18-15(19)9-12-5-1-2-7-14(12)17/h1-8H,9-10H2,(H,18,19). The molecule has 1 N–H and O–H groups in total. The first-order valence-corrected chi connectivity index (χ1v) is 6.78. The molecule has 0 aliphatic rings. The van der Waals surface area contributed by atoms with Crippen molar-refractivity contribution in [3.63, 3.8) is 0 Å². The first-order valence-electron chi connectivity index (χ1n) is 5.87. The van der Waals surface area contributed by atoms with Gasteiger partial charge in [0.2, 0.25) is 5.91 Å². The molecule has 0 aliphatic heterocycles. The summed E-state index contributed by atoms with van der Waals surface area (Å²) < 4.78 is 0. The minimum absolute atomic E-state index is 0.0974. The molecule has 2 rings (SSSR count). The summed E-state index contributed by atoms with van der Waals surface area (Å²) in [7, 11) is 0. The molecule has 2 aromatic carbocycles. The van der Waals surface area contributed by atoms with Crippen LogP contribution in [0.2, 0.25) is 5.02 Å². The van der Waals surface area contributed by atoms with Gasteiger partial charge in [-0.1, -0.05) is 41.9 Å². The van der Waals surface area contributed by atoms with E-state index < -0.39 is 0 Å². The Morgan fingerprint density at radius 3 is 2.63 bits per heavy atom. The number of benzene rings is 2. The zero-order valence-electron chi connectivity index (χ0n) is 10.2. The number of halogens is 2. The maximum Gasteiger partial charge on any atom is 0.228 e. The first-order chi connectivity index (χ1) is 9.19. The van der Waals surface area contributed by atoms with Crippen LogP contribution in [0.5, 0.6) is 0 Å². The van der Waals surface area contributed by atoms with Crippen molar-refractivity contribution in [2.24, 2.45) is 0 Å². The maximum absolute atomic E-state index is 11.9. The molecule has 0 aromatic heterocycles. The Balaban J connectivity index is 2.03. The van der Waals surface area contributed by atoms with Crippen LogP contribution < -0.4 is 5.32 Å². The van der Waals surface area contributed by atoms with E-state index in [-0.39, 0.29) is 12.3 Å². The third-order valence-corrected chi connectivity index (χ3v) is 3.35. The Bertz CT molecular complexity index is 584. The van der Waals surface area contributed by atoms with Gasteiger partial charge in [-0.15, -0.1) is 11.6 Å². The van der Waals surface area contributed by atoms with Crippen LogP contribution in [0.15, 0.2) is 48.5 Å². The second-order valence-corrected chi connectivity index (χ2v) is 4.82. The normalized spacial score (nSPS) is 10.2. The molecule has 98 valence electrons. The van der Waals surface area contributed by atoms with Gasteiger partial charge in [-0.2, -0.15) is 0 Å². The topological polar surface area (TPSA) is 29.1 Å². The second-order valence-electron chi connectivity index (χ2n) is 4.15. The second kappa shape index (κ2) is 6.60. The van der Waals surface area contributed by atoms with Crippen molar-refractivity contribution in [3.8, 4) is 0 Å². The van der Waals surface area contributed by atoms with Gasteiger partial charge in [0, 0.05) is 16.6 Å². The van der Waals surface area contributed by atoms with Crippen LogP contribution in [-0.4, -0.2) is 5.91 Å². The lowest BCUT2D eigenvalue weighted by Gasteiger charge is -2.07. The molecule has 4 heteroatoms. The van der Waals surface area contributed by atoms with Crippen LogP contribution in [-0.2, 0) is 17.1 Å². The summed E-state index contributed by atoms with van der Waals surface area (Å²) in [6.07, 6.45) is 0.255. The highest BCUT2D eigenvalue weighted by molar-refractivity contribution is 6.31.